The first-order valence-corrected chi connectivity index (χ1v) is 9.06. The molecule has 0 unspecified atom stereocenters. The zero-order valence-corrected chi connectivity index (χ0v) is 14.9. The molecule has 1 aromatic heterocycles. The third-order valence-corrected chi connectivity index (χ3v) is 4.86. The van der Waals surface area contributed by atoms with Gasteiger partial charge in [-0.3, -0.25) is 14.4 Å². The third kappa shape index (κ3) is 5.39. The fraction of sp³-hybridized carbons (Fsp3) is 0.526. The molecule has 3 rings (SSSR count). The van der Waals surface area contributed by atoms with E-state index < -0.39 is 0 Å². The van der Waals surface area contributed by atoms with E-state index in [1.807, 2.05) is 16.8 Å². The summed E-state index contributed by atoms with van der Waals surface area (Å²) in [5.41, 5.74) is 2.58. The fourth-order valence-corrected chi connectivity index (χ4v) is 3.52. The number of hydrogen-bond donors (Lipinski definition) is 1. The predicted molar refractivity (Wildman–Crippen MR) is 97.1 cm³/mol. The summed E-state index contributed by atoms with van der Waals surface area (Å²) >= 11 is 0. The SMILES string of the molecule is Cc1ccccc1CCNC(=O)CN1CCC[C@@H](Cn2cncn2)C1. The highest BCUT2D eigenvalue weighted by Crippen LogP contribution is 2.17. The number of aryl methyl sites for hydroxylation is 1. The molecular formula is C19H27N5O. The van der Waals surface area contributed by atoms with E-state index in [9.17, 15) is 4.79 Å². The summed E-state index contributed by atoms with van der Waals surface area (Å²) < 4.78 is 1.89. The van der Waals surface area contributed by atoms with Crippen LogP contribution in [0.2, 0.25) is 0 Å². The van der Waals surface area contributed by atoms with Crippen molar-refractivity contribution in [2.45, 2.75) is 32.7 Å². The largest absolute Gasteiger partial charge is 0.355 e. The Morgan fingerprint density at radius 2 is 2.24 bits per heavy atom. The highest BCUT2D eigenvalue weighted by Gasteiger charge is 2.22. The Morgan fingerprint density at radius 3 is 3.04 bits per heavy atom. The van der Waals surface area contributed by atoms with Gasteiger partial charge >= 0.3 is 0 Å². The van der Waals surface area contributed by atoms with Gasteiger partial charge in [-0.1, -0.05) is 24.3 Å². The molecule has 2 heterocycles. The lowest BCUT2D eigenvalue weighted by Gasteiger charge is -2.32. The first kappa shape index (κ1) is 17.6. The quantitative estimate of drug-likeness (QED) is 0.832. The third-order valence-electron chi connectivity index (χ3n) is 4.86. The number of likely N-dealkylation sites (tertiary alicyclic amines) is 1. The Labute approximate surface area is 149 Å². The number of piperidine rings is 1. The molecule has 1 saturated heterocycles. The van der Waals surface area contributed by atoms with Crippen LogP contribution in [-0.2, 0) is 17.8 Å². The van der Waals surface area contributed by atoms with Crippen LogP contribution in [0, 0.1) is 12.8 Å². The molecule has 0 spiro atoms. The summed E-state index contributed by atoms with van der Waals surface area (Å²) in [5.74, 6) is 0.658. The number of carbonyl (C=O) groups excluding carboxylic acids is 1. The van der Waals surface area contributed by atoms with Gasteiger partial charge in [0.15, 0.2) is 0 Å². The molecule has 1 atom stereocenters. The van der Waals surface area contributed by atoms with Gasteiger partial charge in [-0.2, -0.15) is 5.10 Å². The fourth-order valence-electron chi connectivity index (χ4n) is 3.52. The molecule has 6 nitrogen and oxygen atoms in total. The van der Waals surface area contributed by atoms with Crippen LogP contribution in [0.5, 0.6) is 0 Å². The Kier molecular flexibility index (Phi) is 6.17. The van der Waals surface area contributed by atoms with E-state index in [1.165, 1.54) is 17.5 Å². The van der Waals surface area contributed by atoms with Crippen LogP contribution < -0.4 is 5.32 Å². The Morgan fingerprint density at radius 1 is 1.36 bits per heavy atom. The normalized spacial score (nSPS) is 18.2. The van der Waals surface area contributed by atoms with Crippen LogP contribution in [-0.4, -0.2) is 51.8 Å². The summed E-state index contributed by atoms with van der Waals surface area (Å²) in [6.45, 7) is 6.12. The van der Waals surface area contributed by atoms with Crippen molar-refractivity contribution in [1.29, 1.82) is 0 Å². The number of nitrogens with one attached hydrogen (secondary N) is 1. The van der Waals surface area contributed by atoms with Crippen molar-refractivity contribution in [3.8, 4) is 0 Å². The zero-order valence-electron chi connectivity index (χ0n) is 14.9. The summed E-state index contributed by atoms with van der Waals surface area (Å²) in [4.78, 5) is 18.5. The number of hydrogen-bond acceptors (Lipinski definition) is 4. The summed E-state index contributed by atoms with van der Waals surface area (Å²) in [5, 5.41) is 7.24. The molecule has 1 aliphatic heterocycles. The van der Waals surface area contributed by atoms with Crippen molar-refractivity contribution in [3.05, 3.63) is 48.0 Å². The van der Waals surface area contributed by atoms with E-state index in [0.717, 1.165) is 32.5 Å². The minimum absolute atomic E-state index is 0.120. The zero-order chi connectivity index (χ0) is 17.5. The van der Waals surface area contributed by atoms with Crippen molar-refractivity contribution in [3.63, 3.8) is 0 Å². The molecule has 1 aromatic carbocycles. The number of nitrogens with zero attached hydrogens (tertiary/aromatic N) is 4. The van der Waals surface area contributed by atoms with E-state index in [1.54, 1.807) is 12.7 Å². The molecular weight excluding hydrogens is 314 g/mol. The molecule has 1 fully saturated rings. The van der Waals surface area contributed by atoms with Crippen molar-refractivity contribution in [2.24, 2.45) is 5.92 Å². The van der Waals surface area contributed by atoms with E-state index in [4.69, 9.17) is 0 Å². The topological polar surface area (TPSA) is 63.1 Å². The van der Waals surface area contributed by atoms with Crippen LogP contribution in [0.3, 0.4) is 0 Å². The van der Waals surface area contributed by atoms with Crippen molar-refractivity contribution in [1.82, 2.24) is 25.0 Å². The van der Waals surface area contributed by atoms with E-state index in [2.05, 4.69) is 39.4 Å². The summed E-state index contributed by atoms with van der Waals surface area (Å²) in [7, 11) is 0. The van der Waals surface area contributed by atoms with Gasteiger partial charge in [-0.05, 0) is 49.8 Å². The lowest BCUT2D eigenvalue weighted by molar-refractivity contribution is -0.122. The van der Waals surface area contributed by atoms with Gasteiger partial charge in [0.2, 0.25) is 5.91 Å². The highest BCUT2D eigenvalue weighted by molar-refractivity contribution is 5.78. The van der Waals surface area contributed by atoms with Gasteiger partial charge < -0.3 is 5.32 Å². The maximum absolute atomic E-state index is 12.2. The van der Waals surface area contributed by atoms with Gasteiger partial charge in [-0.15, -0.1) is 0 Å². The van der Waals surface area contributed by atoms with Crippen LogP contribution in [0.4, 0.5) is 0 Å². The van der Waals surface area contributed by atoms with Gasteiger partial charge in [-0.25, -0.2) is 4.98 Å². The van der Waals surface area contributed by atoms with Crippen LogP contribution >= 0.6 is 0 Å². The number of rotatable bonds is 7. The molecule has 0 radical (unpaired) electrons. The highest BCUT2D eigenvalue weighted by atomic mass is 16.2. The molecule has 25 heavy (non-hydrogen) atoms. The van der Waals surface area contributed by atoms with Crippen LogP contribution in [0.1, 0.15) is 24.0 Å². The molecule has 1 N–H and O–H groups in total. The van der Waals surface area contributed by atoms with Crippen LogP contribution in [0.25, 0.3) is 0 Å². The molecule has 0 saturated carbocycles. The average Bonchev–Trinajstić information content (AvgIpc) is 3.10. The maximum Gasteiger partial charge on any atom is 0.234 e. The van der Waals surface area contributed by atoms with Gasteiger partial charge in [0.25, 0.3) is 0 Å². The van der Waals surface area contributed by atoms with Crippen molar-refractivity contribution >= 4 is 5.91 Å². The maximum atomic E-state index is 12.2. The number of benzene rings is 1. The van der Waals surface area contributed by atoms with Crippen molar-refractivity contribution < 1.29 is 4.79 Å². The van der Waals surface area contributed by atoms with E-state index in [0.29, 0.717) is 19.0 Å². The molecule has 0 bridgehead atoms. The average molecular weight is 341 g/mol. The second kappa shape index (κ2) is 8.76. The smallest absolute Gasteiger partial charge is 0.234 e. The van der Waals surface area contributed by atoms with Gasteiger partial charge in [0.05, 0.1) is 6.54 Å². The molecule has 2 aromatic rings. The van der Waals surface area contributed by atoms with E-state index in [-0.39, 0.29) is 5.91 Å². The Balaban J connectivity index is 1.39. The molecule has 0 aliphatic carbocycles. The van der Waals surface area contributed by atoms with Gasteiger partial charge in [0.1, 0.15) is 12.7 Å². The second-order valence-corrected chi connectivity index (χ2v) is 6.89. The molecule has 1 aliphatic rings. The number of aromatic nitrogens is 3. The van der Waals surface area contributed by atoms with E-state index >= 15 is 0 Å². The minimum atomic E-state index is 0.120. The van der Waals surface area contributed by atoms with Crippen molar-refractivity contribution in [2.75, 3.05) is 26.2 Å². The molecule has 134 valence electrons. The second-order valence-electron chi connectivity index (χ2n) is 6.89. The first-order chi connectivity index (χ1) is 12.2. The number of amides is 1. The lowest BCUT2D eigenvalue weighted by Crippen LogP contribution is -2.43. The minimum Gasteiger partial charge on any atom is -0.355 e. The van der Waals surface area contributed by atoms with Crippen LogP contribution in [0.15, 0.2) is 36.9 Å². The summed E-state index contributed by atoms with van der Waals surface area (Å²) in [6.07, 6.45) is 6.54. The standard InChI is InChI=1S/C19H27N5O/c1-16-5-2-3-7-18(16)8-9-21-19(25)13-23-10-4-6-17(11-23)12-24-15-20-14-22-24/h2-3,5,7,14-15,17H,4,6,8-13H2,1H3,(H,21,25)/t17-/m1/s1. The Bertz CT molecular complexity index is 670. The summed E-state index contributed by atoms with van der Waals surface area (Å²) in [6, 6.07) is 8.33. The molecule has 6 heteroatoms. The van der Waals surface area contributed by atoms with Gasteiger partial charge in [0, 0.05) is 19.6 Å². The monoisotopic (exact) mass is 341 g/mol. The lowest BCUT2D eigenvalue weighted by atomic mass is 9.98. The first-order valence-electron chi connectivity index (χ1n) is 9.06. The number of carbonyl (C=O) groups is 1. The molecule has 1 amide bonds. The Hall–Kier alpha value is -2.21. The predicted octanol–water partition coefficient (Wildman–Crippen LogP) is 1.66.